The van der Waals surface area contributed by atoms with Gasteiger partial charge in [-0.2, -0.15) is 0 Å². The molecule has 188 valence electrons. The van der Waals surface area contributed by atoms with Crippen molar-refractivity contribution in [1.29, 1.82) is 0 Å². The minimum atomic E-state index is -1.29. The van der Waals surface area contributed by atoms with Crippen LogP contribution < -0.4 is 28.3 Å². The Kier molecular flexibility index (Phi) is 8.51. The normalized spacial score (nSPS) is 51.4. The molecule has 0 aromatic carbocycles. The van der Waals surface area contributed by atoms with Crippen molar-refractivity contribution in [2.75, 3.05) is 13.7 Å². The monoisotopic (exact) mass is 463 g/mol. The molecule has 3 fully saturated rings. The van der Waals surface area contributed by atoms with Crippen LogP contribution in [0.2, 0.25) is 0 Å². The Morgan fingerprint density at radius 1 is 1.00 bits per heavy atom. The minimum absolute atomic E-state index is 0.0683. The van der Waals surface area contributed by atoms with Gasteiger partial charge in [0.2, 0.25) is 0 Å². The van der Waals surface area contributed by atoms with Crippen LogP contribution in [0.15, 0.2) is 0 Å². The summed E-state index contributed by atoms with van der Waals surface area (Å²) in [4.78, 5) is 0. The first-order valence-electron chi connectivity index (χ1n) is 11.3. The van der Waals surface area contributed by atoms with Crippen molar-refractivity contribution in [3.05, 3.63) is 0 Å². The van der Waals surface area contributed by atoms with Gasteiger partial charge in [0.05, 0.1) is 24.8 Å². The third kappa shape index (κ3) is 5.43. The summed E-state index contributed by atoms with van der Waals surface area (Å²) in [5.74, 6) is 0. The van der Waals surface area contributed by atoms with E-state index in [0.717, 1.165) is 6.42 Å². The molecular formula is C20H41N5O7. The maximum atomic E-state index is 11.1. The van der Waals surface area contributed by atoms with Gasteiger partial charge in [-0.15, -0.1) is 0 Å². The lowest BCUT2D eigenvalue weighted by Gasteiger charge is -2.48. The number of likely N-dealkylation sites (N-methyl/N-ethyl adjacent to an activating group) is 1. The highest BCUT2D eigenvalue weighted by Crippen LogP contribution is 2.31. The molecule has 2 heterocycles. The lowest BCUT2D eigenvalue weighted by Crippen LogP contribution is -2.68. The smallest absolute Gasteiger partial charge is 0.185 e. The first-order chi connectivity index (χ1) is 15.0. The van der Waals surface area contributed by atoms with Crippen LogP contribution >= 0.6 is 0 Å². The Morgan fingerprint density at radius 3 is 2.16 bits per heavy atom. The molecule has 0 aromatic heterocycles. The van der Waals surface area contributed by atoms with E-state index >= 15 is 0 Å². The molecule has 12 N–H and O–H groups in total. The Morgan fingerprint density at radius 2 is 1.59 bits per heavy atom. The van der Waals surface area contributed by atoms with Gasteiger partial charge in [-0.3, -0.25) is 0 Å². The van der Waals surface area contributed by atoms with Gasteiger partial charge in [-0.1, -0.05) is 0 Å². The van der Waals surface area contributed by atoms with Crippen molar-refractivity contribution in [3.8, 4) is 0 Å². The van der Waals surface area contributed by atoms with Crippen molar-refractivity contribution in [2.45, 2.75) is 112 Å². The molecule has 0 amide bonds. The van der Waals surface area contributed by atoms with Gasteiger partial charge in [0.15, 0.2) is 12.6 Å². The summed E-state index contributed by atoms with van der Waals surface area (Å²) in [6.45, 7) is 3.34. The number of aliphatic hydroxyl groups is 3. The highest BCUT2D eigenvalue weighted by molar-refractivity contribution is 5.02. The minimum Gasteiger partial charge on any atom is -0.388 e. The van der Waals surface area contributed by atoms with E-state index in [-0.39, 0.29) is 24.8 Å². The van der Waals surface area contributed by atoms with E-state index < -0.39 is 60.7 Å². The van der Waals surface area contributed by atoms with E-state index in [1.807, 2.05) is 6.92 Å². The first kappa shape index (κ1) is 26.1. The fourth-order valence-corrected chi connectivity index (χ4v) is 4.87. The lowest BCUT2D eigenvalue weighted by atomic mass is 9.84. The van der Waals surface area contributed by atoms with Crippen LogP contribution in [0.4, 0.5) is 0 Å². The van der Waals surface area contributed by atoms with Crippen LogP contribution in [0.3, 0.4) is 0 Å². The number of nitrogens with one attached hydrogen (secondary N) is 1. The van der Waals surface area contributed by atoms with Gasteiger partial charge < -0.3 is 62.5 Å². The van der Waals surface area contributed by atoms with Crippen LogP contribution in [-0.2, 0) is 18.9 Å². The molecule has 0 spiro atoms. The number of nitrogens with two attached hydrogens (primary N) is 4. The molecular weight excluding hydrogens is 422 g/mol. The highest BCUT2D eigenvalue weighted by Gasteiger charge is 2.50. The number of hydrogen-bond donors (Lipinski definition) is 8. The zero-order chi connectivity index (χ0) is 23.8. The van der Waals surface area contributed by atoms with Gasteiger partial charge in [-0.05, 0) is 40.2 Å². The molecule has 1 saturated carbocycles. The maximum Gasteiger partial charge on any atom is 0.185 e. The second kappa shape index (κ2) is 10.4. The summed E-state index contributed by atoms with van der Waals surface area (Å²) >= 11 is 0. The van der Waals surface area contributed by atoms with Gasteiger partial charge in [-0.25, -0.2) is 0 Å². The number of rotatable bonds is 6. The van der Waals surface area contributed by atoms with Crippen LogP contribution in [0.25, 0.3) is 0 Å². The molecule has 2 aliphatic heterocycles. The van der Waals surface area contributed by atoms with Crippen molar-refractivity contribution in [3.63, 3.8) is 0 Å². The van der Waals surface area contributed by atoms with Crippen molar-refractivity contribution >= 4 is 0 Å². The molecule has 3 rings (SSSR count). The molecule has 2 saturated heterocycles. The third-order valence-corrected chi connectivity index (χ3v) is 6.81. The topological polar surface area (TPSA) is 214 Å². The predicted octanol–water partition coefficient (Wildman–Crippen LogP) is -3.59. The molecule has 0 aromatic rings. The average molecular weight is 464 g/mol. The number of aliphatic hydroxyl groups excluding tert-OH is 2. The van der Waals surface area contributed by atoms with E-state index in [1.54, 1.807) is 14.0 Å². The molecule has 32 heavy (non-hydrogen) atoms. The fourth-order valence-electron chi connectivity index (χ4n) is 4.87. The van der Waals surface area contributed by atoms with E-state index in [9.17, 15) is 15.3 Å². The van der Waals surface area contributed by atoms with Crippen LogP contribution in [0.1, 0.15) is 33.1 Å². The average Bonchev–Trinajstić information content (AvgIpc) is 2.71. The van der Waals surface area contributed by atoms with E-state index in [4.69, 9.17) is 41.9 Å². The number of hydrogen-bond acceptors (Lipinski definition) is 12. The summed E-state index contributed by atoms with van der Waals surface area (Å²) in [6.07, 6.45) is -4.58. The Hall–Kier alpha value is -0.480. The van der Waals surface area contributed by atoms with Crippen molar-refractivity contribution in [2.24, 2.45) is 22.9 Å². The molecule has 1 aliphatic carbocycles. The van der Waals surface area contributed by atoms with Crippen LogP contribution in [0.5, 0.6) is 0 Å². The van der Waals surface area contributed by atoms with E-state index in [2.05, 4.69) is 5.32 Å². The van der Waals surface area contributed by atoms with Crippen LogP contribution in [-0.4, -0.2) is 108 Å². The summed E-state index contributed by atoms with van der Waals surface area (Å²) in [6, 6.07) is -2.47. The largest absolute Gasteiger partial charge is 0.388 e. The second-order valence-corrected chi connectivity index (χ2v) is 9.69. The second-order valence-electron chi connectivity index (χ2n) is 9.69. The summed E-state index contributed by atoms with van der Waals surface area (Å²) in [7, 11) is 1.62. The highest BCUT2D eigenvalue weighted by atomic mass is 16.7. The fraction of sp³-hybridized carbons (Fsp3) is 1.00. The molecule has 0 radical (unpaired) electrons. The van der Waals surface area contributed by atoms with Crippen LogP contribution in [0, 0.1) is 0 Å². The van der Waals surface area contributed by atoms with E-state index in [1.165, 1.54) is 0 Å². The van der Waals surface area contributed by atoms with Gasteiger partial charge in [0.25, 0.3) is 0 Å². The standard InChI is InChI=1S/C20H41N5O7/c1-8(21)12-5-4-9(22)18(30-12)31-15-10(23)6-11(24)16(13(15)26)32-19-14(27)17(25-3)20(2,28)7-29-19/h8-19,25-28H,4-7,21-24H2,1-3H3/t8-,9-,10+,11-,12+,13+,14-,15-,16+,17-,18-,19-,20+/m1/s1. The zero-order valence-corrected chi connectivity index (χ0v) is 19.0. The predicted molar refractivity (Wildman–Crippen MR) is 115 cm³/mol. The van der Waals surface area contributed by atoms with Gasteiger partial charge in [0.1, 0.15) is 30.0 Å². The summed E-state index contributed by atoms with van der Waals surface area (Å²) in [5, 5.41) is 35.0. The van der Waals surface area contributed by atoms with Gasteiger partial charge >= 0.3 is 0 Å². The Bertz CT molecular complexity index is 615. The molecule has 0 unspecified atom stereocenters. The Balaban J connectivity index is 1.69. The maximum absolute atomic E-state index is 11.1. The Labute approximate surface area is 188 Å². The number of ether oxygens (including phenoxy) is 4. The zero-order valence-electron chi connectivity index (χ0n) is 19.0. The van der Waals surface area contributed by atoms with Crippen molar-refractivity contribution < 1.29 is 34.3 Å². The molecule has 0 bridgehead atoms. The summed E-state index contributed by atoms with van der Waals surface area (Å²) < 4.78 is 23.4. The van der Waals surface area contributed by atoms with Crippen molar-refractivity contribution in [1.82, 2.24) is 5.32 Å². The SMILES string of the molecule is CN[C@@H]1[C@@H](O)[C@@H](O[C@@H]2[C@@H](O)[C@H](O[C@H]3O[C@H]([C@@H](C)N)CC[C@H]3N)[C@@H](N)C[C@H]2N)OC[C@]1(C)O. The summed E-state index contributed by atoms with van der Waals surface area (Å²) in [5.41, 5.74) is 23.3. The molecule has 3 aliphatic rings. The molecule has 12 heteroatoms. The van der Waals surface area contributed by atoms with E-state index in [0.29, 0.717) is 12.8 Å². The first-order valence-corrected chi connectivity index (χ1v) is 11.3. The molecule has 13 atom stereocenters. The molecule has 12 nitrogen and oxygen atoms in total. The lowest BCUT2D eigenvalue weighted by molar-refractivity contribution is -0.307. The van der Waals surface area contributed by atoms with Gasteiger partial charge in [0, 0.05) is 18.1 Å². The third-order valence-electron chi connectivity index (χ3n) is 6.81. The quantitative estimate of drug-likeness (QED) is 0.192.